The van der Waals surface area contributed by atoms with Crippen LogP contribution in [0.5, 0.6) is 0 Å². The van der Waals surface area contributed by atoms with Gasteiger partial charge in [0.15, 0.2) is 0 Å². The zero-order chi connectivity index (χ0) is 17.6. The number of alkyl halides is 2. The van der Waals surface area contributed by atoms with Gasteiger partial charge in [0.1, 0.15) is 12.7 Å². The second kappa shape index (κ2) is 8.15. The summed E-state index contributed by atoms with van der Waals surface area (Å²) < 4.78 is 26.4. The van der Waals surface area contributed by atoms with E-state index in [-0.39, 0.29) is 18.4 Å². The molecule has 0 aliphatic carbocycles. The maximum absolute atomic E-state index is 12.4. The number of nitrogens with one attached hydrogen (secondary N) is 1. The van der Waals surface area contributed by atoms with Gasteiger partial charge in [0, 0.05) is 12.5 Å². The average molecular weight is 349 g/mol. The van der Waals surface area contributed by atoms with Gasteiger partial charge < -0.3 is 5.32 Å². The number of halogens is 2. The Labute approximate surface area is 144 Å². The van der Waals surface area contributed by atoms with Crippen LogP contribution in [0.3, 0.4) is 0 Å². The molecule has 0 atom stereocenters. The van der Waals surface area contributed by atoms with Gasteiger partial charge in [0.05, 0.1) is 12.2 Å². The molecule has 1 fully saturated rings. The fourth-order valence-corrected chi connectivity index (χ4v) is 3.06. The summed E-state index contributed by atoms with van der Waals surface area (Å²) >= 11 is 0. The standard InChI is InChI=1S/C17H21F2N5O/c18-16(19)10-23-6-4-14(5-7-23)17(25)21-9-13-2-1-3-15(8-13)24-12-20-11-22-24/h1-3,8,11-12,14,16H,4-7,9-10H2,(H,21,25). The van der Waals surface area contributed by atoms with E-state index in [1.54, 1.807) is 15.9 Å². The van der Waals surface area contributed by atoms with Crippen LogP contribution in [0.25, 0.3) is 5.69 Å². The molecule has 1 aromatic heterocycles. The molecule has 1 saturated heterocycles. The van der Waals surface area contributed by atoms with Crippen LogP contribution in [-0.2, 0) is 11.3 Å². The Bertz CT molecular complexity index is 684. The molecule has 0 radical (unpaired) electrons. The second-order valence-electron chi connectivity index (χ2n) is 6.19. The van der Waals surface area contributed by atoms with Gasteiger partial charge in [0.25, 0.3) is 6.43 Å². The summed E-state index contributed by atoms with van der Waals surface area (Å²) in [5.41, 5.74) is 1.85. The third-order valence-corrected chi connectivity index (χ3v) is 4.42. The topological polar surface area (TPSA) is 63.1 Å². The van der Waals surface area contributed by atoms with Gasteiger partial charge in [-0.05, 0) is 43.6 Å². The van der Waals surface area contributed by atoms with Crippen molar-refractivity contribution in [1.82, 2.24) is 25.0 Å². The number of aromatic nitrogens is 3. The molecule has 0 unspecified atom stereocenters. The molecule has 6 nitrogen and oxygen atoms in total. The molecule has 134 valence electrons. The molecular formula is C17H21F2N5O. The maximum Gasteiger partial charge on any atom is 0.251 e. The Hall–Kier alpha value is -2.35. The monoisotopic (exact) mass is 349 g/mol. The van der Waals surface area contributed by atoms with Crippen LogP contribution >= 0.6 is 0 Å². The summed E-state index contributed by atoms with van der Waals surface area (Å²) in [4.78, 5) is 17.9. The number of amides is 1. The fourth-order valence-electron chi connectivity index (χ4n) is 3.06. The zero-order valence-corrected chi connectivity index (χ0v) is 13.8. The van der Waals surface area contributed by atoms with Crippen molar-refractivity contribution in [2.24, 2.45) is 5.92 Å². The number of carbonyl (C=O) groups excluding carboxylic acids is 1. The van der Waals surface area contributed by atoms with Crippen LogP contribution < -0.4 is 5.32 Å². The van der Waals surface area contributed by atoms with E-state index >= 15 is 0 Å². The zero-order valence-electron chi connectivity index (χ0n) is 13.8. The van der Waals surface area contributed by atoms with Gasteiger partial charge in [-0.25, -0.2) is 18.4 Å². The van der Waals surface area contributed by atoms with Gasteiger partial charge in [-0.1, -0.05) is 12.1 Å². The summed E-state index contributed by atoms with van der Waals surface area (Å²) in [7, 11) is 0. The van der Waals surface area contributed by atoms with E-state index in [1.165, 1.54) is 6.33 Å². The second-order valence-corrected chi connectivity index (χ2v) is 6.19. The number of nitrogens with zero attached hydrogens (tertiary/aromatic N) is 4. The van der Waals surface area contributed by atoms with Crippen molar-refractivity contribution >= 4 is 5.91 Å². The Balaban J connectivity index is 1.49. The van der Waals surface area contributed by atoms with Gasteiger partial charge in [-0.2, -0.15) is 5.10 Å². The van der Waals surface area contributed by atoms with E-state index in [0.717, 1.165) is 11.3 Å². The Morgan fingerprint density at radius 3 is 2.80 bits per heavy atom. The van der Waals surface area contributed by atoms with Gasteiger partial charge in [-0.3, -0.25) is 9.69 Å². The Kier molecular flexibility index (Phi) is 5.70. The first-order valence-corrected chi connectivity index (χ1v) is 8.34. The number of rotatable bonds is 6. The molecule has 1 N–H and O–H groups in total. The van der Waals surface area contributed by atoms with Gasteiger partial charge in [-0.15, -0.1) is 0 Å². The van der Waals surface area contributed by atoms with E-state index in [0.29, 0.717) is 32.5 Å². The molecular weight excluding hydrogens is 328 g/mol. The first-order valence-electron chi connectivity index (χ1n) is 8.34. The van der Waals surface area contributed by atoms with Crippen molar-refractivity contribution in [2.75, 3.05) is 19.6 Å². The van der Waals surface area contributed by atoms with Crippen LogP contribution in [0.15, 0.2) is 36.9 Å². The predicted molar refractivity (Wildman–Crippen MR) is 88.4 cm³/mol. The fraction of sp³-hybridized carbons (Fsp3) is 0.471. The predicted octanol–water partition coefficient (Wildman–Crippen LogP) is 1.86. The molecule has 1 aliphatic rings. The minimum atomic E-state index is -2.32. The highest BCUT2D eigenvalue weighted by molar-refractivity contribution is 5.78. The van der Waals surface area contributed by atoms with E-state index in [9.17, 15) is 13.6 Å². The van der Waals surface area contributed by atoms with E-state index in [4.69, 9.17) is 0 Å². The molecule has 0 saturated carbocycles. The molecule has 25 heavy (non-hydrogen) atoms. The Morgan fingerprint density at radius 1 is 1.32 bits per heavy atom. The number of piperidine rings is 1. The molecule has 2 heterocycles. The van der Waals surface area contributed by atoms with Crippen molar-refractivity contribution in [1.29, 1.82) is 0 Å². The van der Waals surface area contributed by atoms with Crippen LogP contribution in [-0.4, -0.2) is 51.6 Å². The number of hydrogen-bond donors (Lipinski definition) is 1. The highest BCUT2D eigenvalue weighted by Gasteiger charge is 2.25. The first kappa shape index (κ1) is 17.5. The minimum absolute atomic E-state index is 0.0112. The molecule has 8 heteroatoms. The van der Waals surface area contributed by atoms with E-state index < -0.39 is 6.43 Å². The molecule has 0 bridgehead atoms. The van der Waals surface area contributed by atoms with Crippen molar-refractivity contribution < 1.29 is 13.6 Å². The molecule has 1 aliphatic heterocycles. The number of likely N-dealkylation sites (tertiary alicyclic amines) is 1. The lowest BCUT2D eigenvalue weighted by molar-refractivity contribution is -0.126. The van der Waals surface area contributed by atoms with Crippen molar-refractivity contribution in [3.63, 3.8) is 0 Å². The highest BCUT2D eigenvalue weighted by atomic mass is 19.3. The third-order valence-electron chi connectivity index (χ3n) is 4.42. The van der Waals surface area contributed by atoms with Crippen LogP contribution in [0.1, 0.15) is 18.4 Å². The Morgan fingerprint density at radius 2 is 2.12 bits per heavy atom. The molecule has 2 aromatic rings. The van der Waals surface area contributed by atoms with E-state index in [2.05, 4.69) is 15.4 Å². The maximum atomic E-state index is 12.4. The normalized spacial score (nSPS) is 16.3. The molecule has 0 spiro atoms. The van der Waals surface area contributed by atoms with Crippen molar-refractivity contribution in [3.8, 4) is 5.69 Å². The largest absolute Gasteiger partial charge is 0.352 e. The summed E-state index contributed by atoms with van der Waals surface area (Å²) in [6.45, 7) is 1.32. The first-order chi connectivity index (χ1) is 12.1. The van der Waals surface area contributed by atoms with Crippen molar-refractivity contribution in [3.05, 3.63) is 42.5 Å². The number of carbonyl (C=O) groups is 1. The molecule has 3 rings (SSSR count). The smallest absolute Gasteiger partial charge is 0.251 e. The van der Waals surface area contributed by atoms with Crippen LogP contribution in [0, 0.1) is 5.92 Å². The SMILES string of the molecule is O=C(NCc1cccc(-n2cncn2)c1)C1CCN(CC(F)F)CC1. The van der Waals surface area contributed by atoms with Crippen LogP contribution in [0.2, 0.25) is 0 Å². The minimum Gasteiger partial charge on any atom is -0.352 e. The third kappa shape index (κ3) is 4.82. The lowest BCUT2D eigenvalue weighted by Crippen LogP contribution is -2.41. The van der Waals surface area contributed by atoms with E-state index in [1.807, 2.05) is 24.3 Å². The lowest BCUT2D eigenvalue weighted by atomic mass is 9.96. The highest BCUT2D eigenvalue weighted by Crippen LogP contribution is 2.18. The summed E-state index contributed by atoms with van der Waals surface area (Å²) in [5.74, 6) is -0.115. The van der Waals surface area contributed by atoms with Crippen LogP contribution in [0.4, 0.5) is 8.78 Å². The lowest BCUT2D eigenvalue weighted by Gasteiger charge is -2.30. The average Bonchev–Trinajstić information content (AvgIpc) is 3.15. The van der Waals surface area contributed by atoms with Gasteiger partial charge >= 0.3 is 0 Å². The molecule has 1 amide bonds. The number of benzene rings is 1. The summed E-state index contributed by atoms with van der Waals surface area (Å²) in [6, 6.07) is 7.70. The summed E-state index contributed by atoms with van der Waals surface area (Å²) in [5, 5.41) is 7.03. The number of hydrogen-bond acceptors (Lipinski definition) is 4. The van der Waals surface area contributed by atoms with Gasteiger partial charge in [0.2, 0.25) is 5.91 Å². The quantitative estimate of drug-likeness (QED) is 0.865. The van der Waals surface area contributed by atoms with Crippen molar-refractivity contribution in [2.45, 2.75) is 25.8 Å². The molecule has 1 aromatic carbocycles. The summed E-state index contributed by atoms with van der Waals surface area (Å²) in [6.07, 6.45) is 2.01.